The summed E-state index contributed by atoms with van der Waals surface area (Å²) >= 11 is 0. The van der Waals surface area contributed by atoms with Crippen LogP contribution in [0.2, 0.25) is 0 Å². The molecule has 2 aliphatic rings. The van der Waals surface area contributed by atoms with Gasteiger partial charge in [-0.1, -0.05) is 42.5 Å². The number of aliphatic carboxylic acids is 1. The van der Waals surface area contributed by atoms with Crippen molar-refractivity contribution in [1.82, 2.24) is 10.6 Å². The lowest BCUT2D eigenvalue weighted by molar-refractivity contribution is -0.793. The van der Waals surface area contributed by atoms with Crippen LogP contribution in [0, 0.1) is 4.91 Å². The SMILES string of the molecule is C[C@@H]1CCC[N+]1(C(=O)O)C(=O)[C@H](CCCCNC(=O)OCc1ccccc1)N[C@@H](CCc1ccc2c(c1)C(C)(C)[N+](=O)C2(C)C)C(=O)O. The number of carbonyl (C=O) groups is 4. The maximum Gasteiger partial charge on any atom is 0.521 e. The van der Waals surface area contributed by atoms with Crippen LogP contribution < -0.4 is 10.6 Å². The first-order chi connectivity index (χ1) is 22.6. The zero-order chi connectivity index (χ0) is 35.3. The van der Waals surface area contributed by atoms with Gasteiger partial charge in [0, 0.05) is 67.9 Å². The monoisotopic (exact) mass is 666 g/mol. The molecule has 0 spiro atoms. The smallest absolute Gasteiger partial charge is 0.480 e. The van der Waals surface area contributed by atoms with Gasteiger partial charge in [-0.3, -0.25) is 10.1 Å². The molecule has 0 radical (unpaired) electrons. The second-order valence-electron chi connectivity index (χ2n) is 14.1. The molecule has 2 aromatic rings. The third kappa shape index (κ3) is 7.60. The molecule has 3 amide bonds. The molecular formula is C36H50N4O8+2. The molecule has 2 aliphatic heterocycles. The molecule has 1 unspecified atom stereocenters. The summed E-state index contributed by atoms with van der Waals surface area (Å²) in [4.78, 5) is 64.3. The van der Waals surface area contributed by atoms with Crippen LogP contribution >= 0.6 is 0 Å². The number of alkyl carbamates (subject to hydrolysis) is 1. The first-order valence-corrected chi connectivity index (χ1v) is 16.8. The number of unbranched alkanes of at least 4 members (excludes halogenated alkanes) is 1. The molecule has 260 valence electrons. The van der Waals surface area contributed by atoms with Crippen molar-refractivity contribution in [3.63, 3.8) is 0 Å². The maximum absolute atomic E-state index is 14.0. The highest BCUT2D eigenvalue weighted by molar-refractivity contribution is 5.85. The van der Waals surface area contributed by atoms with Crippen molar-refractivity contribution in [2.75, 3.05) is 13.1 Å². The minimum atomic E-state index is -1.23. The summed E-state index contributed by atoms with van der Waals surface area (Å²) in [5.41, 5.74) is 2.14. The number of rotatable bonds is 14. The molecule has 0 bridgehead atoms. The second-order valence-corrected chi connectivity index (χ2v) is 14.1. The number of ether oxygens (including phenoxy) is 1. The van der Waals surface area contributed by atoms with E-state index in [1.54, 1.807) is 6.92 Å². The van der Waals surface area contributed by atoms with Crippen molar-refractivity contribution in [3.05, 3.63) is 75.7 Å². The van der Waals surface area contributed by atoms with Gasteiger partial charge in [-0.15, -0.1) is 0 Å². The average molecular weight is 667 g/mol. The third-order valence-corrected chi connectivity index (χ3v) is 10.2. The van der Waals surface area contributed by atoms with Crippen molar-refractivity contribution >= 4 is 24.1 Å². The number of quaternary nitrogens is 1. The van der Waals surface area contributed by atoms with Crippen molar-refractivity contribution < 1.29 is 43.4 Å². The predicted molar refractivity (Wildman–Crippen MR) is 178 cm³/mol. The molecule has 0 aromatic heterocycles. The minimum absolute atomic E-state index is 0.134. The molecule has 4 N–H and O–H groups in total. The highest BCUT2D eigenvalue weighted by Gasteiger charge is 2.58. The average Bonchev–Trinajstić information content (AvgIpc) is 3.50. The van der Waals surface area contributed by atoms with Crippen LogP contribution in [-0.2, 0) is 38.4 Å². The molecule has 0 aliphatic carbocycles. The highest BCUT2D eigenvalue weighted by Crippen LogP contribution is 2.46. The fraction of sp³-hybridized carbons (Fsp3) is 0.556. The van der Waals surface area contributed by atoms with Gasteiger partial charge < -0.3 is 20.3 Å². The molecular weight excluding hydrogens is 616 g/mol. The Morgan fingerprint density at radius 3 is 2.25 bits per heavy atom. The van der Waals surface area contributed by atoms with Crippen LogP contribution in [0.15, 0.2) is 48.5 Å². The van der Waals surface area contributed by atoms with Gasteiger partial charge in [0.1, 0.15) is 24.7 Å². The maximum atomic E-state index is 14.0. The summed E-state index contributed by atoms with van der Waals surface area (Å²) in [6.45, 7) is 9.82. The highest BCUT2D eigenvalue weighted by atomic mass is 16.5. The van der Waals surface area contributed by atoms with Gasteiger partial charge in [0.05, 0.1) is 6.54 Å². The fourth-order valence-electron chi connectivity index (χ4n) is 7.31. The van der Waals surface area contributed by atoms with Gasteiger partial charge in [0.25, 0.3) is 0 Å². The van der Waals surface area contributed by atoms with Crippen molar-refractivity contribution in [2.45, 2.75) is 115 Å². The second kappa shape index (κ2) is 14.9. The van der Waals surface area contributed by atoms with Crippen LogP contribution in [0.1, 0.15) is 95.4 Å². The van der Waals surface area contributed by atoms with Gasteiger partial charge >= 0.3 is 24.1 Å². The van der Waals surface area contributed by atoms with E-state index in [-0.39, 0.29) is 32.5 Å². The van der Waals surface area contributed by atoms with Crippen LogP contribution in [0.25, 0.3) is 0 Å². The molecule has 12 heteroatoms. The van der Waals surface area contributed by atoms with E-state index in [2.05, 4.69) is 10.6 Å². The predicted octanol–water partition coefficient (Wildman–Crippen LogP) is 5.59. The largest absolute Gasteiger partial charge is 0.521 e. The van der Waals surface area contributed by atoms with Gasteiger partial charge in [0.2, 0.25) is 11.1 Å². The summed E-state index contributed by atoms with van der Waals surface area (Å²) in [7, 11) is 0. The number of fused-ring (bicyclic) bond motifs is 1. The van der Waals surface area contributed by atoms with E-state index in [1.807, 2.05) is 76.2 Å². The van der Waals surface area contributed by atoms with E-state index in [4.69, 9.17) is 4.74 Å². The Morgan fingerprint density at radius 2 is 1.62 bits per heavy atom. The third-order valence-electron chi connectivity index (χ3n) is 10.2. The lowest BCUT2D eigenvalue weighted by Crippen LogP contribution is -2.65. The number of nitroso groups, excluding NO2 is 1. The van der Waals surface area contributed by atoms with Crippen LogP contribution in [0.3, 0.4) is 0 Å². The van der Waals surface area contributed by atoms with E-state index in [9.17, 15) is 34.3 Å². The summed E-state index contributed by atoms with van der Waals surface area (Å²) in [5.74, 6) is -1.69. The summed E-state index contributed by atoms with van der Waals surface area (Å²) in [6, 6.07) is 12.5. The Hall–Kier alpha value is -4.16. The Morgan fingerprint density at radius 1 is 0.938 bits per heavy atom. The van der Waals surface area contributed by atoms with E-state index >= 15 is 0 Å². The number of carbonyl (C=O) groups excluding carboxylic acids is 2. The number of carboxylic acid groups (broad SMARTS) is 2. The lowest BCUT2D eigenvalue weighted by atomic mass is 9.88. The number of likely N-dealkylation sites (tertiary alicyclic amines) is 1. The number of hydrogen-bond acceptors (Lipinski definition) is 7. The van der Waals surface area contributed by atoms with Crippen LogP contribution in [0.5, 0.6) is 0 Å². The molecule has 0 saturated carbocycles. The Labute approximate surface area is 282 Å². The Bertz CT molecular complexity index is 1530. The van der Waals surface area contributed by atoms with Crippen LogP contribution in [-0.4, -0.2) is 74.7 Å². The van der Waals surface area contributed by atoms with Gasteiger partial charge in [0.15, 0.2) is 0 Å². The standard InChI is InChI=1S/C36H48N4O8/c1-24-12-11-21-40(24,34(45)46)31(41)29(15-9-10-20-37-33(44)48-23-26-13-7-6-8-14-26)38-30(32(42)43)19-17-25-16-18-27-28(22-25)36(4,5)39(47)35(27,2)3/h6-8,13-14,16,18,22,24,29-30,38H,9-12,15,17,19-21,23H2,1-5H3,(H-2,37,42,43,44,45,46)/p+2/t24-,29+,30+,40?/m1/s1. The van der Waals surface area contributed by atoms with Crippen molar-refractivity contribution in [1.29, 1.82) is 0 Å². The topological polar surface area (TPSA) is 162 Å². The molecule has 1 fully saturated rings. The number of hydrogen-bond donors (Lipinski definition) is 4. The number of imide groups is 1. The zero-order valence-electron chi connectivity index (χ0n) is 28.7. The number of amides is 3. The van der Waals surface area contributed by atoms with Gasteiger partial charge in [-0.25, -0.2) is 9.59 Å². The fourth-order valence-corrected chi connectivity index (χ4v) is 7.31. The van der Waals surface area contributed by atoms with E-state index < -0.39 is 57.7 Å². The first-order valence-electron chi connectivity index (χ1n) is 16.8. The minimum Gasteiger partial charge on any atom is -0.480 e. The number of benzene rings is 2. The number of nitrogens with one attached hydrogen (secondary N) is 2. The molecule has 4 rings (SSSR count). The van der Waals surface area contributed by atoms with Gasteiger partial charge in [-0.2, -0.15) is 9.28 Å². The Balaban J connectivity index is 1.42. The van der Waals surface area contributed by atoms with Crippen molar-refractivity contribution in [3.8, 4) is 0 Å². The molecule has 2 aromatic carbocycles. The summed E-state index contributed by atoms with van der Waals surface area (Å²) in [6.07, 6.45) is 0.988. The molecule has 12 nitrogen and oxygen atoms in total. The number of nitrogens with zero attached hydrogens (tertiary/aromatic N) is 2. The van der Waals surface area contributed by atoms with Crippen LogP contribution in [0.4, 0.5) is 9.59 Å². The molecule has 1 saturated heterocycles. The Kier molecular flexibility index (Phi) is 11.4. The first kappa shape index (κ1) is 36.7. The zero-order valence-corrected chi connectivity index (χ0v) is 28.7. The molecule has 2 heterocycles. The molecule has 48 heavy (non-hydrogen) atoms. The van der Waals surface area contributed by atoms with E-state index in [0.717, 1.165) is 27.0 Å². The quantitative estimate of drug-likeness (QED) is 0.114. The van der Waals surface area contributed by atoms with Gasteiger partial charge in [-0.05, 0) is 56.2 Å². The van der Waals surface area contributed by atoms with E-state index in [0.29, 0.717) is 32.1 Å². The normalized spacial score (nSPS) is 22.0. The summed E-state index contributed by atoms with van der Waals surface area (Å²) < 4.78 is 5.59. The van der Waals surface area contributed by atoms with E-state index in [1.165, 1.54) is 0 Å². The number of aryl methyl sites for hydroxylation is 1. The molecule has 4 atom stereocenters. The number of carboxylic acids is 1. The van der Waals surface area contributed by atoms with Crippen molar-refractivity contribution in [2.24, 2.45) is 0 Å². The lowest BCUT2D eigenvalue weighted by Gasteiger charge is -2.34. The summed E-state index contributed by atoms with van der Waals surface area (Å²) in [5, 5.41) is 26.2.